The van der Waals surface area contributed by atoms with E-state index in [9.17, 15) is 14.4 Å². The van der Waals surface area contributed by atoms with Crippen LogP contribution in [0.4, 0.5) is 11.4 Å². The summed E-state index contributed by atoms with van der Waals surface area (Å²) in [5.41, 5.74) is 5.78. The molecule has 218 valence electrons. The predicted octanol–water partition coefficient (Wildman–Crippen LogP) is 7.80. The Morgan fingerprint density at radius 1 is 0.659 bits per heavy atom. The maximum Gasteiger partial charge on any atom is 0.272 e. The smallest absolute Gasteiger partial charge is 0.272 e. The zero-order chi connectivity index (χ0) is 30.7. The summed E-state index contributed by atoms with van der Waals surface area (Å²) in [5, 5.41) is 8.58. The quantitative estimate of drug-likeness (QED) is 0.113. The van der Waals surface area contributed by atoms with E-state index in [0.717, 1.165) is 32.8 Å². The minimum absolute atomic E-state index is 0.0990. The fraction of sp³-hybridized carbons (Fsp3) is 0.0541. The zero-order valence-corrected chi connectivity index (χ0v) is 24.9. The lowest BCUT2D eigenvalue weighted by Gasteiger charge is -2.12. The van der Waals surface area contributed by atoms with Gasteiger partial charge in [-0.25, -0.2) is 0 Å². The number of hydrogen-bond donors (Lipinski definition) is 3. The van der Waals surface area contributed by atoms with Gasteiger partial charge in [-0.3, -0.25) is 14.4 Å². The Kier molecular flexibility index (Phi) is 10.0. The van der Waals surface area contributed by atoms with E-state index >= 15 is 0 Å². The Balaban J connectivity index is 1.30. The predicted molar refractivity (Wildman–Crippen MR) is 179 cm³/mol. The van der Waals surface area contributed by atoms with E-state index in [1.807, 2.05) is 104 Å². The molecule has 5 aromatic rings. The van der Waals surface area contributed by atoms with Gasteiger partial charge in [0.05, 0.1) is 5.75 Å². The number of hydrogen-bond acceptors (Lipinski definition) is 4. The summed E-state index contributed by atoms with van der Waals surface area (Å²) in [6.07, 6.45) is 1.65. The van der Waals surface area contributed by atoms with Gasteiger partial charge in [0.2, 0.25) is 5.91 Å². The summed E-state index contributed by atoms with van der Waals surface area (Å²) in [4.78, 5) is 39.8. The summed E-state index contributed by atoms with van der Waals surface area (Å²) in [7, 11) is 0. The van der Waals surface area contributed by atoms with Crippen molar-refractivity contribution in [3.8, 4) is 11.1 Å². The normalized spacial score (nSPS) is 11.0. The molecule has 0 aromatic heterocycles. The van der Waals surface area contributed by atoms with Crippen LogP contribution in [0.2, 0.25) is 0 Å². The Hall–Kier alpha value is -5.40. The first-order valence-corrected chi connectivity index (χ1v) is 15.1. The van der Waals surface area contributed by atoms with Crippen LogP contribution in [0.3, 0.4) is 0 Å². The van der Waals surface area contributed by atoms with Crippen LogP contribution in [-0.2, 0) is 9.59 Å². The lowest BCUT2D eigenvalue weighted by Crippen LogP contribution is -2.30. The second-order valence-electron chi connectivity index (χ2n) is 10.1. The largest absolute Gasteiger partial charge is 0.325 e. The van der Waals surface area contributed by atoms with Crippen molar-refractivity contribution in [2.45, 2.75) is 11.8 Å². The second-order valence-corrected chi connectivity index (χ2v) is 11.1. The fourth-order valence-electron chi connectivity index (χ4n) is 4.44. The molecule has 0 aliphatic rings. The number of carbonyl (C=O) groups excluding carboxylic acids is 3. The number of rotatable bonds is 10. The maximum absolute atomic E-state index is 13.5. The first-order valence-electron chi connectivity index (χ1n) is 14.1. The molecule has 44 heavy (non-hydrogen) atoms. The van der Waals surface area contributed by atoms with Gasteiger partial charge >= 0.3 is 0 Å². The number of aryl methyl sites for hydroxylation is 1. The highest BCUT2D eigenvalue weighted by Gasteiger charge is 2.16. The van der Waals surface area contributed by atoms with E-state index in [1.54, 1.807) is 42.5 Å². The van der Waals surface area contributed by atoms with Gasteiger partial charge < -0.3 is 16.0 Å². The van der Waals surface area contributed by atoms with Gasteiger partial charge in [0, 0.05) is 21.8 Å². The van der Waals surface area contributed by atoms with Crippen LogP contribution in [-0.4, -0.2) is 23.5 Å². The van der Waals surface area contributed by atoms with Crippen LogP contribution in [0.1, 0.15) is 21.5 Å². The minimum Gasteiger partial charge on any atom is -0.325 e. The maximum atomic E-state index is 13.5. The van der Waals surface area contributed by atoms with E-state index in [1.165, 1.54) is 11.8 Å². The second kappa shape index (κ2) is 14.7. The standard InChI is InChI=1S/C37H31N3O3S/c1-26-10-8-15-31(22-26)38-35(41)25-44-33-17-9-16-32(24-33)39-37(43)34(40-36(42)30-13-6-3-7-14-30)23-27-18-20-29(21-19-27)28-11-4-2-5-12-28/h2-24H,25H2,1H3,(H,38,41)(H,39,43)(H,40,42)/b34-23+. The SMILES string of the molecule is Cc1cccc(NC(=O)CSc2cccc(NC(=O)/C(=C\c3ccc(-c4ccccc4)cc3)NC(=O)c3ccccc3)c2)c1. The molecule has 5 aromatic carbocycles. The monoisotopic (exact) mass is 597 g/mol. The first-order chi connectivity index (χ1) is 21.4. The third kappa shape index (κ3) is 8.56. The van der Waals surface area contributed by atoms with Gasteiger partial charge in [-0.2, -0.15) is 0 Å². The highest BCUT2D eigenvalue weighted by atomic mass is 32.2. The zero-order valence-electron chi connectivity index (χ0n) is 24.1. The Labute approximate surface area is 261 Å². The van der Waals surface area contributed by atoms with Crippen LogP contribution >= 0.6 is 11.8 Å². The summed E-state index contributed by atoms with van der Waals surface area (Å²) in [6, 6.07) is 41.4. The molecule has 3 N–H and O–H groups in total. The average molecular weight is 598 g/mol. The Bertz CT molecular complexity index is 1790. The Morgan fingerprint density at radius 2 is 1.30 bits per heavy atom. The van der Waals surface area contributed by atoms with Crippen molar-refractivity contribution in [3.05, 3.63) is 156 Å². The van der Waals surface area contributed by atoms with Crippen molar-refractivity contribution in [3.63, 3.8) is 0 Å². The molecule has 0 spiro atoms. The molecule has 0 fully saturated rings. The molecule has 7 heteroatoms. The molecule has 0 radical (unpaired) electrons. The molecule has 0 atom stereocenters. The Morgan fingerprint density at radius 3 is 2.00 bits per heavy atom. The van der Waals surface area contributed by atoms with Crippen LogP contribution in [0.5, 0.6) is 0 Å². The number of nitrogens with one attached hydrogen (secondary N) is 3. The van der Waals surface area contributed by atoms with Crippen LogP contribution < -0.4 is 16.0 Å². The average Bonchev–Trinajstić information content (AvgIpc) is 3.05. The lowest BCUT2D eigenvalue weighted by molar-refractivity contribution is -0.114. The third-order valence-electron chi connectivity index (χ3n) is 6.62. The topological polar surface area (TPSA) is 87.3 Å². The molecule has 0 aliphatic carbocycles. The van der Waals surface area contributed by atoms with Crippen molar-refractivity contribution in [2.24, 2.45) is 0 Å². The molecule has 0 unspecified atom stereocenters. The fourth-order valence-corrected chi connectivity index (χ4v) is 5.20. The summed E-state index contributed by atoms with van der Waals surface area (Å²) in [6.45, 7) is 1.97. The molecular formula is C37H31N3O3S. The highest BCUT2D eigenvalue weighted by molar-refractivity contribution is 8.00. The number of amides is 3. The minimum atomic E-state index is -0.472. The highest BCUT2D eigenvalue weighted by Crippen LogP contribution is 2.23. The first kappa shape index (κ1) is 30.1. The van der Waals surface area contributed by atoms with Crippen molar-refractivity contribution in [1.82, 2.24) is 5.32 Å². The van der Waals surface area contributed by atoms with Crippen LogP contribution in [0.15, 0.2) is 144 Å². The van der Waals surface area contributed by atoms with Gasteiger partial charge in [0.25, 0.3) is 11.8 Å². The molecule has 3 amide bonds. The summed E-state index contributed by atoms with van der Waals surface area (Å²) < 4.78 is 0. The van der Waals surface area contributed by atoms with Gasteiger partial charge in [-0.15, -0.1) is 11.8 Å². The molecule has 0 saturated heterocycles. The number of carbonyl (C=O) groups is 3. The molecule has 5 rings (SSSR count). The number of thioether (sulfide) groups is 1. The molecule has 0 saturated carbocycles. The van der Waals surface area contributed by atoms with Gasteiger partial charge in [0.1, 0.15) is 5.70 Å². The lowest BCUT2D eigenvalue weighted by atomic mass is 10.0. The molecule has 6 nitrogen and oxygen atoms in total. The van der Waals surface area contributed by atoms with Gasteiger partial charge in [-0.05, 0) is 77.7 Å². The molecule has 0 aliphatic heterocycles. The van der Waals surface area contributed by atoms with E-state index in [-0.39, 0.29) is 17.4 Å². The van der Waals surface area contributed by atoms with Gasteiger partial charge in [-0.1, -0.05) is 91.0 Å². The summed E-state index contributed by atoms with van der Waals surface area (Å²) >= 11 is 1.36. The third-order valence-corrected chi connectivity index (χ3v) is 7.62. The van der Waals surface area contributed by atoms with E-state index < -0.39 is 11.8 Å². The summed E-state index contributed by atoms with van der Waals surface area (Å²) in [5.74, 6) is -0.775. The van der Waals surface area contributed by atoms with Crippen LogP contribution in [0.25, 0.3) is 17.2 Å². The van der Waals surface area contributed by atoms with Crippen molar-refractivity contribution >= 4 is 46.9 Å². The molecule has 0 bridgehead atoms. The molecule has 0 heterocycles. The van der Waals surface area contributed by atoms with Crippen molar-refractivity contribution in [1.29, 1.82) is 0 Å². The van der Waals surface area contributed by atoms with Crippen LogP contribution in [0, 0.1) is 6.92 Å². The van der Waals surface area contributed by atoms with Crippen molar-refractivity contribution < 1.29 is 14.4 Å². The number of benzene rings is 5. The van der Waals surface area contributed by atoms with E-state index in [2.05, 4.69) is 16.0 Å². The molecular weight excluding hydrogens is 566 g/mol. The number of anilines is 2. The van der Waals surface area contributed by atoms with Gasteiger partial charge in [0.15, 0.2) is 0 Å². The van der Waals surface area contributed by atoms with Crippen molar-refractivity contribution in [2.75, 3.05) is 16.4 Å². The van der Waals surface area contributed by atoms with E-state index in [4.69, 9.17) is 0 Å². The van der Waals surface area contributed by atoms with E-state index in [0.29, 0.717) is 11.3 Å².